The lowest BCUT2D eigenvalue weighted by molar-refractivity contribution is 0.0768. The van der Waals surface area contributed by atoms with Crippen LogP contribution >= 0.6 is 0 Å². The van der Waals surface area contributed by atoms with Gasteiger partial charge in [0.15, 0.2) is 0 Å². The molecular formula is C10H17NO2. The minimum Gasteiger partial charge on any atom is -0.394 e. The number of allylic oxidation sites excluding steroid dienone is 1. The van der Waals surface area contributed by atoms with Gasteiger partial charge >= 0.3 is 0 Å². The molecule has 0 aromatic carbocycles. The third kappa shape index (κ3) is 1.77. The van der Waals surface area contributed by atoms with Crippen LogP contribution in [0.1, 0.15) is 12.8 Å². The zero-order chi connectivity index (χ0) is 9.26. The van der Waals surface area contributed by atoms with Crippen molar-refractivity contribution in [3.63, 3.8) is 0 Å². The molecule has 13 heavy (non-hydrogen) atoms. The van der Waals surface area contributed by atoms with E-state index in [9.17, 15) is 0 Å². The van der Waals surface area contributed by atoms with Gasteiger partial charge in [0.25, 0.3) is 0 Å². The van der Waals surface area contributed by atoms with Crippen LogP contribution in [0, 0.1) is 11.8 Å². The van der Waals surface area contributed by atoms with Gasteiger partial charge in [0.2, 0.25) is 0 Å². The molecule has 4 atom stereocenters. The van der Waals surface area contributed by atoms with Gasteiger partial charge in [0, 0.05) is 12.6 Å². The van der Waals surface area contributed by atoms with E-state index in [1.54, 1.807) is 0 Å². The zero-order valence-corrected chi connectivity index (χ0v) is 7.69. The number of rotatable bonds is 4. The van der Waals surface area contributed by atoms with Crippen LogP contribution in [-0.4, -0.2) is 35.5 Å². The number of hydrogen-bond donors (Lipinski definition) is 3. The maximum absolute atomic E-state index is 9.14. The first-order valence-corrected chi connectivity index (χ1v) is 5.00. The molecule has 0 bridgehead atoms. The van der Waals surface area contributed by atoms with Gasteiger partial charge in [-0.05, 0) is 24.7 Å². The molecule has 0 aromatic rings. The van der Waals surface area contributed by atoms with Gasteiger partial charge in [-0.3, -0.25) is 0 Å². The summed E-state index contributed by atoms with van der Waals surface area (Å²) in [6, 6.07) is 0.532. The Balaban J connectivity index is 1.69. The van der Waals surface area contributed by atoms with E-state index in [0.29, 0.717) is 18.5 Å². The van der Waals surface area contributed by atoms with Gasteiger partial charge in [0.1, 0.15) is 0 Å². The minimum atomic E-state index is -0.607. The molecule has 0 saturated heterocycles. The largest absolute Gasteiger partial charge is 0.394 e. The predicted octanol–water partition coefficient (Wildman–Crippen LogP) is -0.106. The smallest absolute Gasteiger partial charge is 0.0895 e. The summed E-state index contributed by atoms with van der Waals surface area (Å²) in [4.78, 5) is 0. The highest BCUT2D eigenvalue weighted by Gasteiger charge is 2.40. The topological polar surface area (TPSA) is 52.5 Å². The lowest BCUT2D eigenvalue weighted by Gasteiger charge is -2.41. The highest BCUT2D eigenvalue weighted by molar-refractivity contribution is 5.12. The third-order valence-corrected chi connectivity index (χ3v) is 3.19. The van der Waals surface area contributed by atoms with Gasteiger partial charge in [-0.2, -0.15) is 0 Å². The predicted molar refractivity (Wildman–Crippen MR) is 50.2 cm³/mol. The second-order valence-corrected chi connectivity index (χ2v) is 4.09. The Morgan fingerprint density at radius 2 is 2.38 bits per heavy atom. The summed E-state index contributed by atoms with van der Waals surface area (Å²) in [5, 5.41) is 21.0. The van der Waals surface area contributed by atoms with Crippen molar-refractivity contribution < 1.29 is 10.2 Å². The summed E-state index contributed by atoms with van der Waals surface area (Å²) in [7, 11) is 0. The van der Waals surface area contributed by atoms with Crippen LogP contribution in [0.25, 0.3) is 0 Å². The molecule has 0 heterocycles. The standard InChI is InChI=1S/C10H17NO2/c12-6-8(13)5-11-10-4-7-2-1-3-9(7)10/h1,3,7-13H,2,4-6H2. The van der Waals surface area contributed by atoms with Gasteiger partial charge < -0.3 is 15.5 Å². The Bertz CT molecular complexity index is 205. The first-order chi connectivity index (χ1) is 6.31. The molecule has 0 amide bonds. The van der Waals surface area contributed by atoms with Crippen LogP contribution in [0.15, 0.2) is 12.2 Å². The monoisotopic (exact) mass is 183 g/mol. The summed E-state index contributed by atoms with van der Waals surface area (Å²) in [6.07, 6.45) is 6.36. The highest BCUT2D eigenvalue weighted by atomic mass is 16.3. The molecule has 74 valence electrons. The molecule has 4 unspecified atom stereocenters. The van der Waals surface area contributed by atoms with Crippen molar-refractivity contribution in [1.29, 1.82) is 0 Å². The summed E-state index contributed by atoms with van der Waals surface area (Å²) in [5.41, 5.74) is 0. The van der Waals surface area contributed by atoms with E-state index in [1.807, 2.05) is 0 Å². The van der Waals surface area contributed by atoms with Crippen molar-refractivity contribution in [2.75, 3.05) is 13.2 Å². The van der Waals surface area contributed by atoms with Crippen LogP contribution < -0.4 is 5.32 Å². The van der Waals surface area contributed by atoms with Crippen LogP contribution in [0.2, 0.25) is 0 Å². The minimum absolute atomic E-state index is 0.149. The van der Waals surface area contributed by atoms with Crippen LogP contribution in [0.3, 0.4) is 0 Å². The van der Waals surface area contributed by atoms with Crippen molar-refractivity contribution >= 4 is 0 Å². The highest BCUT2D eigenvalue weighted by Crippen LogP contribution is 2.42. The van der Waals surface area contributed by atoms with E-state index in [0.717, 1.165) is 5.92 Å². The maximum Gasteiger partial charge on any atom is 0.0895 e. The Hall–Kier alpha value is -0.380. The third-order valence-electron chi connectivity index (χ3n) is 3.19. The first-order valence-electron chi connectivity index (χ1n) is 5.00. The van der Waals surface area contributed by atoms with E-state index < -0.39 is 6.10 Å². The SMILES string of the molecule is OCC(O)CNC1CC2CC=CC21. The normalized spacial score (nSPS) is 38.5. The van der Waals surface area contributed by atoms with Gasteiger partial charge in [-0.1, -0.05) is 12.2 Å². The average molecular weight is 183 g/mol. The lowest BCUT2D eigenvalue weighted by Crippen LogP contribution is -2.50. The molecule has 0 aliphatic heterocycles. The second kappa shape index (κ2) is 3.78. The molecular weight excluding hydrogens is 166 g/mol. The molecule has 0 aromatic heterocycles. The molecule has 1 fully saturated rings. The summed E-state index contributed by atoms with van der Waals surface area (Å²) in [5.74, 6) is 1.54. The number of aliphatic hydroxyl groups is 2. The second-order valence-electron chi connectivity index (χ2n) is 4.09. The molecule has 3 heteroatoms. The fourth-order valence-corrected chi connectivity index (χ4v) is 2.30. The molecule has 0 spiro atoms. The Morgan fingerprint density at radius 3 is 3.08 bits per heavy atom. The summed E-state index contributed by atoms with van der Waals surface area (Å²) >= 11 is 0. The number of fused-ring (bicyclic) bond motifs is 1. The molecule has 2 aliphatic carbocycles. The average Bonchev–Trinajstić information content (AvgIpc) is 2.47. The molecule has 3 N–H and O–H groups in total. The van der Waals surface area contributed by atoms with E-state index >= 15 is 0 Å². The zero-order valence-electron chi connectivity index (χ0n) is 7.69. The summed E-state index contributed by atoms with van der Waals surface area (Å²) in [6.45, 7) is 0.363. The Kier molecular flexibility index (Phi) is 2.67. The van der Waals surface area contributed by atoms with Gasteiger partial charge in [-0.25, -0.2) is 0 Å². The number of hydrogen-bond acceptors (Lipinski definition) is 3. The van der Waals surface area contributed by atoms with Crippen molar-refractivity contribution in [2.24, 2.45) is 11.8 Å². The van der Waals surface area contributed by atoms with E-state index in [2.05, 4.69) is 17.5 Å². The molecule has 0 radical (unpaired) electrons. The van der Waals surface area contributed by atoms with Crippen LogP contribution in [-0.2, 0) is 0 Å². The molecule has 3 nitrogen and oxygen atoms in total. The van der Waals surface area contributed by atoms with E-state index in [1.165, 1.54) is 12.8 Å². The summed E-state index contributed by atoms with van der Waals surface area (Å²) < 4.78 is 0. The van der Waals surface area contributed by atoms with Crippen molar-refractivity contribution in [2.45, 2.75) is 25.0 Å². The van der Waals surface area contributed by atoms with Gasteiger partial charge in [0.05, 0.1) is 12.7 Å². The van der Waals surface area contributed by atoms with E-state index in [-0.39, 0.29) is 6.61 Å². The van der Waals surface area contributed by atoms with Crippen molar-refractivity contribution in [1.82, 2.24) is 5.32 Å². The fraction of sp³-hybridized carbons (Fsp3) is 0.800. The van der Waals surface area contributed by atoms with Crippen molar-refractivity contribution in [3.8, 4) is 0 Å². The van der Waals surface area contributed by atoms with Gasteiger partial charge in [-0.15, -0.1) is 0 Å². The molecule has 1 saturated carbocycles. The quantitative estimate of drug-likeness (QED) is 0.533. The van der Waals surface area contributed by atoms with E-state index in [4.69, 9.17) is 10.2 Å². The number of aliphatic hydroxyl groups excluding tert-OH is 2. The van der Waals surface area contributed by atoms with Crippen LogP contribution in [0.5, 0.6) is 0 Å². The van der Waals surface area contributed by atoms with Crippen molar-refractivity contribution in [3.05, 3.63) is 12.2 Å². The Morgan fingerprint density at radius 1 is 1.54 bits per heavy atom. The molecule has 2 aliphatic rings. The first kappa shape index (κ1) is 9.19. The molecule has 2 rings (SSSR count). The fourth-order valence-electron chi connectivity index (χ4n) is 2.30. The van der Waals surface area contributed by atoms with Crippen LogP contribution in [0.4, 0.5) is 0 Å². The Labute approximate surface area is 78.5 Å². The number of nitrogens with one attached hydrogen (secondary N) is 1. The lowest BCUT2D eigenvalue weighted by atomic mass is 9.71. The maximum atomic E-state index is 9.14.